The van der Waals surface area contributed by atoms with Crippen LogP contribution in [-0.4, -0.2) is 63.2 Å². The van der Waals surface area contributed by atoms with E-state index in [1.54, 1.807) is 16.4 Å². The number of benzene rings is 2. The zero-order valence-electron chi connectivity index (χ0n) is 25.9. The molecule has 4 aromatic rings. The van der Waals surface area contributed by atoms with E-state index in [1.807, 2.05) is 54.2 Å². The predicted octanol–water partition coefficient (Wildman–Crippen LogP) is 4.41. The molecule has 6 rings (SSSR count). The van der Waals surface area contributed by atoms with Gasteiger partial charge in [-0.2, -0.15) is 4.31 Å². The Bertz CT molecular complexity index is 1760. The maximum absolute atomic E-state index is 14.4. The Morgan fingerprint density at radius 1 is 0.978 bits per heavy atom. The zero-order valence-corrected chi connectivity index (χ0v) is 26.7. The van der Waals surface area contributed by atoms with Crippen molar-refractivity contribution in [2.24, 2.45) is 13.0 Å². The Morgan fingerprint density at radius 2 is 1.73 bits per heavy atom. The number of fused-ring (bicyclic) bond motifs is 1. The Kier molecular flexibility index (Phi) is 9.04. The van der Waals surface area contributed by atoms with Crippen LogP contribution in [0.4, 0.5) is 5.69 Å². The fourth-order valence-corrected chi connectivity index (χ4v) is 8.24. The van der Waals surface area contributed by atoms with Gasteiger partial charge in [-0.05, 0) is 80.1 Å². The minimum atomic E-state index is -3.70. The van der Waals surface area contributed by atoms with E-state index < -0.39 is 16.1 Å². The van der Waals surface area contributed by atoms with Gasteiger partial charge in [0.25, 0.3) is 0 Å². The molecule has 3 heterocycles. The average molecular weight is 632 g/mol. The number of aromatic nitrogens is 4. The smallest absolute Gasteiger partial charge is 0.249 e. The molecular formula is C33H41N7O4S. The molecule has 1 aliphatic heterocycles. The first-order valence-corrected chi connectivity index (χ1v) is 17.3. The largest absolute Gasteiger partial charge is 0.352 e. The van der Waals surface area contributed by atoms with Crippen LogP contribution in [-0.2, 0) is 33.2 Å². The lowest BCUT2D eigenvalue weighted by Crippen LogP contribution is -2.48. The normalized spacial score (nSPS) is 18.9. The molecule has 0 spiro atoms. The summed E-state index contributed by atoms with van der Waals surface area (Å²) in [5.74, 6) is -0.363. The quantitative estimate of drug-likeness (QED) is 0.292. The van der Waals surface area contributed by atoms with E-state index in [1.165, 1.54) is 21.7 Å². The first-order valence-electron chi connectivity index (χ1n) is 15.8. The second-order valence-corrected chi connectivity index (χ2v) is 14.3. The van der Waals surface area contributed by atoms with E-state index in [9.17, 15) is 18.0 Å². The SMILES string of the molecule is CC1CCCN(S(=O)(=O)c2ccc(N(C(=O)Cn3nnc4ccccc43)C(C(=O)NC3CCCCC3)c3cccn3C)cc2)C1. The van der Waals surface area contributed by atoms with Crippen molar-refractivity contribution in [3.8, 4) is 0 Å². The summed E-state index contributed by atoms with van der Waals surface area (Å²) in [4.78, 5) is 30.2. The van der Waals surface area contributed by atoms with Gasteiger partial charge in [0.15, 0.2) is 6.04 Å². The first-order chi connectivity index (χ1) is 21.7. The van der Waals surface area contributed by atoms with Gasteiger partial charge < -0.3 is 9.88 Å². The number of hydrogen-bond donors (Lipinski definition) is 1. The summed E-state index contributed by atoms with van der Waals surface area (Å²) in [6.07, 6.45) is 8.72. The second kappa shape index (κ2) is 13.1. The number of para-hydroxylation sites is 1. The van der Waals surface area contributed by atoms with E-state index in [2.05, 4.69) is 22.6 Å². The fraction of sp³-hybridized carbons (Fsp3) is 0.455. The summed E-state index contributed by atoms with van der Waals surface area (Å²) < 4.78 is 32.0. The molecule has 238 valence electrons. The zero-order chi connectivity index (χ0) is 31.6. The molecule has 1 saturated heterocycles. The minimum Gasteiger partial charge on any atom is -0.352 e. The lowest BCUT2D eigenvalue weighted by molar-refractivity contribution is -0.127. The van der Waals surface area contributed by atoms with Gasteiger partial charge in [-0.3, -0.25) is 14.5 Å². The van der Waals surface area contributed by atoms with E-state index in [0.29, 0.717) is 41.4 Å². The number of nitrogens with zero attached hydrogens (tertiary/aromatic N) is 6. The molecule has 2 amide bonds. The molecule has 0 radical (unpaired) electrons. The molecule has 1 aliphatic carbocycles. The number of piperidine rings is 1. The summed E-state index contributed by atoms with van der Waals surface area (Å²) in [6.45, 7) is 2.87. The standard InChI is InChI=1S/C33H41N7O4S/c1-24-10-8-21-38(22-24)45(43,44)27-18-16-26(17-19-27)40(31(41)23-39-29-14-7-6-13-28(29)35-36-39)32(30-15-9-20-37(30)2)33(42)34-25-11-4-3-5-12-25/h6-7,9,13-20,24-25,32H,3-5,8,10-12,21-23H2,1-2H3,(H,34,42). The molecule has 2 unspecified atom stereocenters. The molecule has 0 bridgehead atoms. The van der Waals surface area contributed by atoms with Gasteiger partial charge in [-0.25, -0.2) is 13.1 Å². The molecule has 2 atom stereocenters. The first kappa shape index (κ1) is 31.0. The monoisotopic (exact) mass is 631 g/mol. The van der Waals surface area contributed by atoms with Gasteiger partial charge in [0.1, 0.15) is 12.1 Å². The van der Waals surface area contributed by atoms with E-state index >= 15 is 0 Å². The van der Waals surface area contributed by atoms with Crippen molar-refractivity contribution < 1.29 is 18.0 Å². The van der Waals surface area contributed by atoms with Gasteiger partial charge in [0.2, 0.25) is 21.8 Å². The van der Waals surface area contributed by atoms with Crippen molar-refractivity contribution in [1.29, 1.82) is 0 Å². The average Bonchev–Trinajstić information content (AvgIpc) is 3.66. The van der Waals surface area contributed by atoms with Gasteiger partial charge in [0.05, 0.1) is 16.1 Å². The second-order valence-electron chi connectivity index (χ2n) is 12.4. The molecular weight excluding hydrogens is 590 g/mol. The third kappa shape index (κ3) is 6.53. The molecule has 1 N–H and O–H groups in total. The highest BCUT2D eigenvalue weighted by Crippen LogP contribution is 2.32. The number of carbonyl (C=O) groups excluding carboxylic acids is 2. The van der Waals surface area contributed by atoms with E-state index in [-0.39, 0.29) is 29.3 Å². The number of anilines is 1. The Balaban J connectivity index is 1.39. The maximum Gasteiger partial charge on any atom is 0.249 e. The highest BCUT2D eigenvalue weighted by Gasteiger charge is 2.36. The molecule has 2 aromatic heterocycles. The predicted molar refractivity (Wildman–Crippen MR) is 172 cm³/mol. The van der Waals surface area contributed by atoms with Crippen LogP contribution >= 0.6 is 0 Å². The lowest BCUT2D eigenvalue weighted by Gasteiger charge is -2.34. The minimum absolute atomic E-state index is 0.0321. The van der Waals surface area contributed by atoms with Gasteiger partial charge in [0, 0.05) is 38.1 Å². The van der Waals surface area contributed by atoms with Gasteiger partial charge >= 0.3 is 0 Å². The number of hydrogen-bond acceptors (Lipinski definition) is 6. The summed E-state index contributed by atoms with van der Waals surface area (Å²) in [6, 6.07) is 16.4. The van der Waals surface area contributed by atoms with Crippen molar-refractivity contribution in [2.45, 2.75) is 75.4 Å². The molecule has 1 saturated carbocycles. The molecule has 2 fully saturated rings. The molecule has 12 heteroatoms. The number of aryl methyl sites for hydroxylation is 1. The van der Waals surface area contributed by atoms with Crippen molar-refractivity contribution in [2.75, 3.05) is 18.0 Å². The van der Waals surface area contributed by atoms with Crippen LogP contribution in [0.25, 0.3) is 11.0 Å². The number of sulfonamides is 1. The Labute approximate surface area is 264 Å². The maximum atomic E-state index is 14.4. The number of carbonyl (C=O) groups is 2. The lowest BCUT2D eigenvalue weighted by atomic mass is 9.95. The van der Waals surface area contributed by atoms with Crippen molar-refractivity contribution >= 4 is 38.6 Å². The van der Waals surface area contributed by atoms with Gasteiger partial charge in [-0.15, -0.1) is 5.10 Å². The summed E-state index contributed by atoms with van der Waals surface area (Å²) in [5.41, 5.74) is 2.41. The summed E-state index contributed by atoms with van der Waals surface area (Å²) in [7, 11) is -1.86. The van der Waals surface area contributed by atoms with Crippen molar-refractivity contribution in [3.63, 3.8) is 0 Å². The van der Waals surface area contributed by atoms with Crippen LogP contribution in [0, 0.1) is 5.92 Å². The topological polar surface area (TPSA) is 122 Å². The van der Waals surface area contributed by atoms with Crippen LogP contribution in [0.15, 0.2) is 71.8 Å². The highest BCUT2D eigenvalue weighted by molar-refractivity contribution is 7.89. The van der Waals surface area contributed by atoms with Crippen molar-refractivity contribution in [1.82, 2.24) is 29.2 Å². The number of nitrogens with one attached hydrogen (secondary N) is 1. The van der Waals surface area contributed by atoms with E-state index in [4.69, 9.17) is 0 Å². The van der Waals surface area contributed by atoms with Crippen molar-refractivity contribution in [3.05, 3.63) is 72.6 Å². The van der Waals surface area contributed by atoms with Gasteiger partial charge in [-0.1, -0.05) is 43.5 Å². The van der Waals surface area contributed by atoms with Crippen LogP contribution in [0.3, 0.4) is 0 Å². The molecule has 45 heavy (non-hydrogen) atoms. The third-order valence-electron chi connectivity index (χ3n) is 9.07. The molecule has 2 aliphatic rings. The Hall–Kier alpha value is -4.03. The highest BCUT2D eigenvalue weighted by atomic mass is 32.2. The van der Waals surface area contributed by atoms with Crippen LogP contribution in [0.5, 0.6) is 0 Å². The molecule has 11 nitrogen and oxygen atoms in total. The Morgan fingerprint density at radius 3 is 2.44 bits per heavy atom. The molecule has 2 aromatic carbocycles. The summed E-state index contributed by atoms with van der Waals surface area (Å²) >= 11 is 0. The number of rotatable bonds is 9. The fourth-order valence-electron chi connectivity index (χ4n) is 6.64. The third-order valence-corrected chi connectivity index (χ3v) is 10.9. The van der Waals surface area contributed by atoms with Crippen LogP contribution in [0.1, 0.15) is 63.6 Å². The van der Waals surface area contributed by atoms with Crippen LogP contribution in [0.2, 0.25) is 0 Å². The number of amides is 2. The van der Waals surface area contributed by atoms with Crippen LogP contribution < -0.4 is 10.2 Å². The van der Waals surface area contributed by atoms with E-state index in [0.717, 1.165) is 44.9 Å². The summed E-state index contributed by atoms with van der Waals surface area (Å²) in [5, 5.41) is 11.7.